The topological polar surface area (TPSA) is 54.3 Å². The molecule has 3 rings (SSSR count). The zero-order valence-corrected chi connectivity index (χ0v) is 16.4. The summed E-state index contributed by atoms with van der Waals surface area (Å²) in [6.07, 6.45) is 3.83. The van der Waals surface area contributed by atoms with E-state index in [1.54, 1.807) is 19.0 Å². The Kier molecular flexibility index (Phi) is 6.68. The molecule has 0 atom stereocenters. The van der Waals surface area contributed by atoms with Crippen molar-refractivity contribution in [3.8, 4) is 0 Å². The van der Waals surface area contributed by atoms with Gasteiger partial charge in [-0.3, -0.25) is 9.69 Å². The molecular weight excluding hydrogens is 346 g/mol. The van der Waals surface area contributed by atoms with Gasteiger partial charge in [-0.1, -0.05) is 48.5 Å². The molecule has 0 saturated carbocycles. The van der Waals surface area contributed by atoms with Gasteiger partial charge in [-0.2, -0.15) is 0 Å². The number of hydrogen-bond acceptors (Lipinski definition) is 5. The van der Waals surface area contributed by atoms with Gasteiger partial charge in [0.1, 0.15) is 5.82 Å². The number of benzene rings is 1. The van der Waals surface area contributed by atoms with Crippen molar-refractivity contribution in [2.45, 2.75) is 37.5 Å². The Labute approximate surface area is 159 Å². The summed E-state index contributed by atoms with van der Waals surface area (Å²) in [7, 11) is 3.55. The maximum atomic E-state index is 11.9. The first kappa shape index (κ1) is 18.9. The Morgan fingerprint density at radius 2 is 1.81 bits per heavy atom. The Balaban J connectivity index is 1.77. The van der Waals surface area contributed by atoms with Gasteiger partial charge in [0, 0.05) is 14.1 Å². The zero-order valence-electron chi connectivity index (χ0n) is 15.6. The predicted octanol–water partition coefficient (Wildman–Crippen LogP) is 2.49. The smallest absolute Gasteiger partial charge is 0.232 e. The first-order chi connectivity index (χ1) is 12.6. The lowest BCUT2D eigenvalue weighted by Crippen LogP contribution is -2.30. The van der Waals surface area contributed by atoms with Gasteiger partial charge in [0.25, 0.3) is 0 Å². The summed E-state index contributed by atoms with van der Waals surface area (Å²) in [6.45, 7) is 3.80. The van der Waals surface area contributed by atoms with Crippen LogP contribution in [-0.2, 0) is 17.9 Å². The van der Waals surface area contributed by atoms with Crippen LogP contribution in [0.4, 0.5) is 0 Å². The van der Waals surface area contributed by atoms with Gasteiger partial charge in [0.2, 0.25) is 5.91 Å². The molecule has 1 saturated heterocycles. The zero-order chi connectivity index (χ0) is 18.4. The summed E-state index contributed by atoms with van der Waals surface area (Å²) in [4.78, 5) is 16.0. The molecule has 1 aliphatic rings. The van der Waals surface area contributed by atoms with E-state index >= 15 is 0 Å². The Bertz CT molecular complexity index is 710. The van der Waals surface area contributed by atoms with E-state index in [1.807, 2.05) is 18.2 Å². The molecule has 0 unspecified atom stereocenters. The molecule has 1 fully saturated rings. The third-order valence-electron chi connectivity index (χ3n) is 4.61. The van der Waals surface area contributed by atoms with Crippen LogP contribution in [0.3, 0.4) is 0 Å². The fraction of sp³-hybridized carbons (Fsp3) is 0.526. The molecule has 140 valence electrons. The second-order valence-electron chi connectivity index (χ2n) is 6.88. The minimum atomic E-state index is 0.0850. The van der Waals surface area contributed by atoms with E-state index in [9.17, 15) is 4.79 Å². The lowest BCUT2D eigenvalue weighted by molar-refractivity contribution is -0.125. The highest BCUT2D eigenvalue weighted by Gasteiger charge is 2.18. The molecule has 0 radical (unpaired) electrons. The summed E-state index contributed by atoms with van der Waals surface area (Å²) in [5.74, 6) is 1.45. The number of thioether (sulfide) groups is 1. The van der Waals surface area contributed by atoms with Crippen LogP contribution >= 0.6 is 11.8 Å². The van der Waals surface area contributed by atoms with Gasteiger partial charge >= 0.3 is 0 Å². The van der Waals surface area contributed by atoms with E-state index in [1.165, 1.54) is 36.6 Å². The molecule has 1 aliphatic heterocycles. The molecule has 0 spiro atoms. The summed E-state index contributed by atoms with van der Waals surface area (Å²) < 4.78 is 2.16. The number of rotatable bonds is 7. The molecular formula is C19H27N5OS. The molecule has 0 N–H and O–H groups in total. The molecule has 6 nitrogen and oxygen atoms in total. The van der Waals surface area contributed by atoms with Gasteiger partial charge in [-0.05, 0) is 31.5 Å². The van der Waals surface area contributed by atoms with Crippen LogP contribution in [0, 0.1) is 0 Å². The average Bonchev–Trinajstić information content (AvgIpc) is 3.03. The molecule has 26 heavy (non-hydrogen) atoms. The van der Waals surface area contributed by atoms with Crippen molar-refractivity contribution in [3.05, 3.63) is 41.7 Å². The standard InChI is InChI=1S/C19H27N5OS/c1-22(2)18(25)15-26-19-21-20-17(14-23-11-7-4-8-12-23)24(19)13-16-9-5-3-6-10-16/h3,5-6,9-10H,4,7-8,11-15H2,1-2H3. The van der Waals surface area contributed by atoms with Crippen LogP contribution in [0.5, 0.6) is 0 Å². The van der Waals surface area contributed by atoms with Gasteiger partial charge in [0.15, 0.2) is 5.16 Å². The fourth-order valence-electron chi connectivity index (χ4n) is 3.04. The summed E-state index contributed by atoms with van der Waals surface area (Å²) in [5, 5.41) is 9.66. The summed E-state index contributed by atoms with van der Waals surface area (Å²) >= 11 is 1.47. The van der Waals surface area contributed by atoms with Crippen LogP contribution < -0.4 is 0 Å². The highest BCUT2D eigenvalue weighted by molar-refractivity contribution is 7.99. The van der Waals surface area contributed by atoms with E-state index in [0.717, 1.165) is 37.2 Å². The Morgan fingerprint density at radius 1 is 1.08 bits per heavy atom. The molecule has 7 heteroatoms. The molecule has 1 amide bonds. The number of carbonyl (C=O) groups excluding carboxylic acids is 1. The summed E-state index contributed by atoms with van der Waals surface area (Å²) in [5.41, 5.74) is 1.22. The molecule has 2 heterocycles. The third-order valence-corrected chi connectivity index (χ3v) is 5.57. The van der Waals surface area contributed by atoms with Crippen LogP contribution in [0.1, 0.15) is 30.7 Å². The van der Waals surface area contributed by atoms with Gasteiger partial charge in [-0.25, -0.2) is 0 Å². The van der Waals surface area contributed by atoms with Crippen molar-refractivity contribution in [1.82, 2.24) is 24.6 Å². The predicted molar refractivity (Wildman–Crippen MR) is 104 cm³/mol. The second-order valence-corrected chi connectivity index (χ2v) is 7.83. The highest BCUT2D eigenvalue weighted by Crippen LogP contribution is 2.21. The van der Waals surface area contributed by atoms with Crippen molar-refractivity contribution in [2.24, 2.45) is 0 Å². The normalized spacial score (nSPS) is 15.2. The lowest BCUT2D eigenvalue weighted by Gasteiger charge is -2.26. The minimum absolute atomic E-state index is 0.0850. The number of carbonyl (C=O) groups is 1. The minimum Gasteiger partial charge on any atom is -0.348 e. The van der Waals surface area contributed by atoms with Crippen molar-refractivity contribution >= 4 is 17.7 Å². The number of likely N-dealkylation sites (tertiary alicyclic amines) is 1. The maximum absolute atomic E-state index is 11.9. The van der Waals surface area contributed by atoms with E-state index in [-0.39, 0.29) is 5.91 Å². The van der Waals surface area contributed by atoms with Crippen LogP contribution in [0.25, 0.3) is 0 Å². The maximum Gasteiger partial charge on any atom is 0.232 e. The monoisotopic (exact) mass is 373 g/mol. The van der Waals surface area contributed by atoms with E-state index in [2.05, 4.69) is 31.8 Å². The number of piperidine rings is 1. The molecule has 1 aromatic heterocycles. The number of amides is 1. The Morgan fingerprint density at radius 3 is 2.50 bits per heavy atom. The largest absolute Gasteiger partial charge is 0.348 e. The quantitative estimate of drug-likeness (QED) is 0.698. The average molecular weight is 374 g/mol. The van der Waals surface area contributed by atoms with Gasteiger partial charge < -0.3 is 9.47 Å². The number of hydrogen-bond donors (Lipinski definition) is 0. The first-order valence-electron chi connectivity index (χ1n) is 9.15. The Hall–Kier alpha value is -1.86. The van der Waals surface area contributed by atoms with Crippen molar-refractivity contribution in [2.75, 3.05) is 32.9 Å². The third kappa shape index (κ3) is 5.08. The molecule has 0 aliphatic carbocycles. The van der Waals surface area contributed by atoms with Crippen LogP contribution in [0.15, 0.2) is 35.5 Å². The van der Waals surface area contributed by atoms with Crippen molar-refractivity contribution in [1.29, 1.82) is 0 Å². The first-order valence-corrected chi connectivity index (χ1v) is 10.1. The van der Waals surface area contributed by atoms with Gasteiger partial charge in [0.05, 0.1) is 18.8 Å². The van der Waals surface area contributed by atoms with Crippen molar-refractivity contribution in [3.63, 3.8) is 0 Å². The summed E-state index contributed by atoms with van der Waals surface area (Å²) in [6, 6.07) is 10.3. The van der Waals surface area contributed by atoms with E-state index < -0.39 is 0 Å². The lowest BCUT2D eigenvalue weighted by atomic mass is 10.1. The van der Waals surface area contributed by atoms with Gasteiger partial charge in [-0.15, -0.1) is 10.2 Å². The molecule has 1 aromatic carbocycles. The number of nitrogens with zero attached hydrogens (tertiary/aromatic N) is 5. The van der Waals surface area contributed by atoms with Crippen LogP contribution in [0.2, 0.25) is 0 Å². The molecule has 2 aromatic rings. The highest BCUT2D eigenvalue weighted by atomic mass is 32.2. The molecule has 0 bridgehead atoms. The van der Waals surface area contributed by atoms with Crippen LogP contribution in [-0.4, -0.2) is 63.4 Å². The number of aromatic nitrogens is 3. The second kappa shape index (κ2) is 9.19. The van der Waals surface area contributed by atoms with E-state index in [0.29, 0.717) is 5.75 Å². The SMILES string of the molecule is CN(C)C(=O)CSc1nnc(CN2CCCCC2)n1Cc1ccccc1. The van der Waals surface area contributed by atoms with E-state index in [4.69, 9.17) is 0 Å². The van der Waals surface area contributed by atoms with Crippen molar-refractivity contribution < 1.29 is 4.79 Å². The fourth-order valence-corrected chi connectivity index (χ4v) is 3.98.